The Morgan fingerprint density at radius 2 is 1.79 bits per heavy atom. The number of anilines is 2. The highest BCUT2D eigenvalue weighted by atomic mass is 35.5. The fourth-order valence-electron chi connectivity index (χ4n) is 1.61. The molecule has 0 saturated heterocycles. The van der Waals surface area contributed by atoms with Gasteiger partial charge in [0.05, 0.1) is 21.4 Å². The van der Waals surface area contributed by atoms with Gasteiger partial charge in [-0.25, -0.2) is 0 Å². The molecule has 0 saturated carbocycles. The first-order chi connectivity index (χ1) is 8.97. The van der Waals surface area contributed by atoms with Gasteiger partial charge in [0.1, 0.15) is 0 Å². The number of nitrogen functional groups attached to an aromatic ring is 1. The number of nitrogens with two attached hydrogens (primary N) is 1. The third-order valence-corrected chi connectivity index (χ3v) is 3.30. The van der Waals surface area contributed by atoms with Crippen molar-refractivity contribution >= 4 is 40.5 Å². The summed E-state index contributed by atoms with van der Waals surface area (Å²) in [6.45, 7) is 1.92. The molecule has 19 heavy (non-hydrogen) atoms. The van der Waals surface area contributed by atoms with E-state index in [0.29, 0.717) is 27.0 Å². The molecule has 0 aliphatic heterocycles. The van der Waals surface area contributed by atoms with Crippen LogP contribution in [0, 0.1) is 6.92 Å². The van der Waals surface area contributed by atoms with E-state index in [0.717, 1.165) is 5.56 Å². The molecule has 0 fully saturated rings. The topological polar surface area (TPSA) is 55.1 Å². The largest absolute Gasteiger partial charge is 0.398 e. The van der Waals surface area contributed by atoms with Gasteiger partial charge in [0, 0.05) is 5.56 Å². The van der Waals surface area contributed by atoms with E-state index in [1.54, 1.807) is 24.3 Å². The number of carbonyl (C=O) groups is 1. The SMILES string of the molecule is Cc1ccc(Cl)c(NC(=O)c2ccc(Cl)c(N)c2)c1. The molecule has 0 heterocycles. The third kappa shape index (κ3) is 3.19. The Bertz CT molecular complexity index is 641. The minimum atomic E-state index is -0.282. The molecular weight excluding hydrogens is 283 g/mol. The van der Waals surface area contributed by atoms with Gasteiger partial charge >= 0.3 is 0 Å². The van der Waals surface area contributed by atoms with Crippen LogP contribution in [0.15, 0.2) is 36.4 Å². The lowest BCUT2D eigenvalue weighted by molar-refractivity contribution is 0.102. The van der Waals surface area contributed by atoms with Crippen molar-refractivity contribution in [2.75, 3.05) is 11.1 Å². The van der Waals surface area contributed by atoms with Gasteiger partial charge in [-0.2, -0.15) is 0 Å². The van der Waals surface area contributed by atoms with Crippen molar-refractivity contribution in [3.8, 4) is 0 Å². The van der Waals surface area contributed by atoms with Crippen LogP contribution in [0.3, 0.4) is 0 Å². The predicted octanol–water partition coefficient (Wildman–Crippen LogP) is 4.14. The normalized spacial score (nSPS) is 10.3. The summed E-state index contributed by atoms with van der Waals surface area (Å²) in [6, 6.07) is 10.1. The zero-order valence-corrected chi connectivity index (χ0v) is 11.7. The lowest BCUT2D eigenvalue weighted by atomic mass is 10.1. The number of benzene rings is 2. The van der Waals surface area contributed by atoms with Crippen molar-refractivity contribution in [2.24, 2.45) is 0 Å². The van der Waals surface area contributed by atoms with Gasteiger partial charge in [-0.15, -0.1) is 0 Å². The highest BCUT2D eigenvalue weighted by molar-refractivity contribution is 6.34. The van der Waals surface area contributed by atoms with Crippen LogP contribution in [0.25, 0.3) is 0 Å². The van der Waals surface area contributed by atoms with Crippen LogP contribution in [0.5, 0.6) is 0 Å². The fourth-order valence-corrected chi connectivity index (χ4v) is 1.90. The van der Waals surface area contributed by atoms with Crippen LogP contribution in [0.4, 0.5) is 11.4 Å². The second-order valence-corrected chi connectivity index (χ2v) is 4.99. The van der Waals surface area contributed by atoms with Gasteiger partial charge in [-0.3, -0.25) is 4.79 Å². The highest BCUT2D eigenvalue weighted by Gasteiger charge is 2.10. The smallest absolute Gasteiger partial charge is 0.255 e. The quantitative estimate of drug-likeness (QED) is 0.818. The Kier molecular flexibility index (Phi) is 3.98. The summed E-state index contributed by atoms with van der Waals surface area (Å²) in [5.74, 6) is -0.282. The van der Waals surface area contributed by atoms with E-state index in [1.165, 1.54) is 6.07 Å². The van der Waals surface area contributed by atoms with Gasteiger partial charge in [0.2, 0.25) is 0 Å². The summed E-state index contributed by atoms with van der Waals surface area (Å²) in [5, 5.41) is 3.65. The van der Waals surface area contributed by atoms with Crippen molar-refractivity contribution in [1.82, 2.24) is 0 Å². The van der Waals surface area contributed by atoms with Crippen LogP contribution in [-0.2, 0) is 0 Å². The predicted molar refractivity (Wildman–Crippen MR) is 80.0 cm³/mol. The summed E-state index contributed by atoms with van der Waals surface area (Å²) < 4.78 is 0. The second kappa shape index (κ2) is 5.51. The number of hydrogen-bond donors (Lipinski definition) is 2. The van der Waals surface area contributed by atoms with Crippen molar-refractivity contribution in [2.45, 2.75) is 6.92 Å². The van der Waals surface area contributed by atoms with E-state index in [-0.39, 0.29) is 5.91 Å². The Labute approximate surface area is 121 Å². The molecule has 2 rings (SSSR count). The monoisotopic (exact) mass is 294 g/mol. The number of aryl methyl sites for hydroxylation is 1. The van der Waals surface area contributed by atoms with Gasteiger partial charge in [-0.1, -0.05) is 29.3 Å². The number of rotatable bonds is 2. The van der Waals surface area contributed by atoms with Crippen molar-refractivity contribution < 1.29 is 4.79 Å². The van der Waals surface area contributed by atoms with E-state index in [2.05, 4.69) is 5.32 Å². The molecule has 0 aliphatic rings. The number of hydrogen-bond acceptors (Lipinski definition) is 2. The van der Waals surface area contributed by atoms with Crippen LogP contribution < -0.4 is 11.1 Å². The molecule has 2 aromatic rings. The van der Waals surface area contributed by atoms with E-state index in [1.807, 2.05) is 13.0 Å². The molecular formula is C14H12Cl2N2O. The molecule has 0 aromatic heterocycles. The van der Waals surface area contributed by atoms with E-state index >= 15 is 0 Å². The van der Waals surface area contributed by atoms with Crippen LogP contribution in [-0.4, -0.2) is 5.91 Å². The molecule has 5 heteroatoms. The molecule has 98 valence electrons. The molecule has 0 bridgehead atoms. The number of carbonyl (C=O) groups excluding carboxylic acids is 1. The van der Waals surface area contributed by atoms with Gasteiger partial charge in [0.15, 0.2) is 0 Å². The minimum Gasteiger partial charge on any atom is -0.398 e. The zero-order valence-electron chi connectivity index (χ0n) is 10.2. The Morgan fingerprint density at radius 3 is 2.47 bits per heavy atom. The third-order valence-electron chi connectivity index (χ3n) is 2.63. The second-order valence-electron chi connectivity index (χ2n) is 4.17. The van der Waals surface area contributed by atoms with Crippen LogP contribution in [0.2, 0.25) is 10.0 Å². The first kappa shape index (κ1) is 13.7. The van der Waals surface area contributed by atoms with Gasteiger partial charge < -0.3 is 11.1 Å². The maximum absolute atomic E-state index is 12.1. The summed E-state index contributed by atoms with van der Waals surface area (Å²) >= 11 is 11.8. The Hall–Kier alpha value is -1.71. The Morgan fingerprint density at radius 1 is 1.11 bits per heavy atom. The lowest BCUT2D eigenvalue weighted by Crippen LogP contribution is -2.12. The maximum Gasteiger partial charge on any atom is 0.255 e. The summed E-state index contributed by atoms with van der Waals surface area (Å²) in [7, 11) is 0. The van der Waals surface area contributed by atoms with Crippen molar-refractivity contribution in [3.05, 3.63) is 57.6 Å². The van der Waals surface area contributed by atoms with Crippen LogP contribution >= 0.6 is 23.2 Å². The molecule has 2 aromatic carbocycles. The van der Waals surface area contributed by atoms with Gasteiger partial charge in [0.25, 0.3) is 5.91 Å². The molecule has 0 spiro atoms. The average Bonchev–Trinajstić information content (AvgIpc) is 2.37. The first-order valence-corrected chi connectivity index (χ1v) is 6.35. The van der Waals surface area contributed by atoms with Crippen molar-refractivity contribution in [3.63, 3.8) is 0 Å². The average molecular weight is 295 g/mol. The molecule has 1 amide bonds. The van der Waals surface area contributed by atoms with E-state index in [4.69, 9.17) is 28.9 Å². The van der Waals surface area contributed by atoms with Crippen molar-refractivity contribution in [1.29, 1.82) is 0 Å². The molecule has 0 unspecified atom stereocenters. The maximum atomic E-state index is 12.1. The summed E-state index contributed by atoms with van der Waals surface area (Å²) in [5.41, 5.74) is 8.04. The fraction of sp³-hybridized carbons (Fsp3) is 0.0714. The first-order valence-electron chi connectivity index (χ1n) is 5.60. The molecule has 0 atom stereocenters. The molecule has 0 aliphatic carbocycles. The van der Waals surface area contributed by atoms with Crippen LogP contribution in [0.1, 0.15) is 15.9 Å². The van der Waals surface area contributed by atoms with Gasteiger partial charge in [-0.05, 0) is 42.8 Å². The van der Waals surface area contributed by atoms with E-state index < -0.39 is 0 Å². The number of nitrogens with one attached hydrogen (secondary N) is 1. The molecule has 3 N–H and O–H groups in total. The minimum absolute atomic E-state index is 0.282. The number of amides is 1. The lowest BCUT2D eigenvalue weighted by Gasteiger charge is -2.09. The standard InChI is InChI=1S/C14H12Cl2N2O/c1-8-2-4-11(16)13(6-8)18-14(19)9-3-5-10(15)12(17)7-9/h2-7H,17H2,1H3,(H,18,19). The zero-order chi connectivity index (χ0) is 14.0. The molecule has 0 radical (unpaired) electrons. The summed E-state index contributed by atoms with van der Waals surface area (Å²) in [4.78, 5) is 12.1. The molecule has 3 nitrogen and oxygen atoms in total. The highest BCUT2D eigenvalue weighted by Crippen LogP contribution is 2.24. The van der Waals surface area contributed by atoms with E-state index in [9.17, 15) is 4.79 Å². The Balaban J connectivity index is 2.25. The number of halogens is 2. The summed E-state index contributed by atoms with van der Waals surface area (Å²) in [6.07, 6.45) is 0.